The van der Waals surface area contributed by atoms with Crippen molar-refractivity contribution in [1.29, 1.82) is 0 Å². The lowest BCUT2D eigenvalue weighted by molar-refractivity contribution is 0.0993. The molecule has 0 fully saturated rings. The van der Waals surface area contributed by atoms with Crippen LogP contribution in [0, 0.1) is 6.92 Å². The van der Waals surface area contributed by atoms with Gasteiger partial charge in [0, 0.05) is 30.6 Å². The Balaban J connectivity index is 1.79. The van der Waals surface area contributed by atoms with Gasteiger partial charge in [0.2, 0.25) is 0 Å². The van der Waals surface area contributed by atoms with Gasteiger partial charge in [-0.25, -0.2) is 4.68 Å². The van der Waals surface area contributed by atoms with E-state index >= 15 is 0 Å². The van der Waals surface area contributed by atoms with Gasteiger partial charge in [0.25, 0.3) is 5.91 Å². The number of hydrogen-bond acceptors (Lipinski definition) is 4. The third-order valence-corrected chi connectivity index (χ3v) is 5.32. The van der Waals surface area contributed by atoms with E-state index in [9.17, 15) is 4.79 Å². The molecule has 0 aliphatic carbocycles. The average Bonchev–Trinajstić information content (AvgIpc) is 3.29. The summed E-state index contributed by atoms with van der Waals surface area (Å²) in [6.07, 6.45) is 1.78. The van der Waals surface area contributed by atoms with Gasteiger partial charge >= 0.3 is 0 Å². The summed E-state index contributed by atoms with van der Waals surface area (Å²) >= 11 is 0. The van der Waals surface area contributed by atoms with Gasteiger partial charge in [-0.05, 0) is 37.3 Å². The summed E-state index contributed by atoms with van der Waals surface area (Å²) in [4.78, 5) is 15.2. The van der Waals surface area contributed by atoms with E-state index in [0.717, 1.165) is 16.8 Å². The Morgan fingerprint density at radius 3 is 2.34 bits per heavy atom. The lowest BCUT2D eigenvalue weighted by atomic mass is 10.0. The van der Waals surface area contributed by atoms with Crippen LogP contribution in [-0.2, 0) is 0 Å². The molecule has 3 aromatic carbocycles. The van der Waals surface area contributed by atoms with Gasteiger partial charge in [-0.1, -0.05) is 42.0 Å². The zero-order valence-electron chi connectivity index (χ0n) is 18.6. The Bertz CT molecular complexity index is 1250. The van der Waals surface area contributed by atoms with Gasteiger partial charge in [-0.2, -0.15) is 5.10 Å². The molecule has 0 spiro atoms. The summed E-state index contributed by atoms with van der Waals surface area (Å²) in [6.45, 7) is 2.02. The number of anilines is 1. The molecule has 4 aromatic rings. The van der Waals surface area contributed by atoms with E-state index in [2.05, 4.69) is 0 Å². The second kappa shape index (κ2) is 8.98. The van der Waals surface area contributed by atoms with Crippen LogP contribution in [0.3, 0.4) is 0 Å². The number of carbonyl (C=O) groups is 1. The highest BCUT2D eigenvalue weighted by molar-refractivity contribution is 6.09. The number of benzene rings is 3. The second-order valence-corrected chi connectivity index (χ2v) is 7.44. The zero-order chi connectivity index (χ0) is 22.7. The van der Waals surface area contributed by atoms with Crippen molar-refractivity contribution >= 4 is 11.6 Å². The van der Waals surface area contributed by atoms with Crippen LogP contribution in [0.1, 0.15) is 15.9 Å². The first-order valence-corrected chi connectivity index (χ1v) is 10.2. The fourth-order valence-electron chi connectivity index (χ4n) is 3.58. The van der Waals surface area contributed by atoms with E-state index in [-0.39, 0.29) is 5.91 Å². The third kappa shape index (κ3) is 4.07. The highest BCUT2D eigenvalue weighted by atomic mass is 16.5. The summed E-state index contributed by atoms with van der Waals surface area (Å²) in [6, 6.07) is 23.1. The molecule has 0 bridgehead atoms. The molecule has 0 atom stereocenters. The number of nitrogens with zero attached hydrogens (tertiary/aromatic N) is 3. The van der Waals surface area contributed by atoms with Crippen molar-refractivity contribution in [3.8, 4) is 28.4 Å². The van der Waals surface area contributed by atoms with Crippen LogP contribution < -0.4 is 14.4 Å². The standard InChI is InChI=1S/C26H25N3O3/c1-18-9-8-10-19(15-18)25-22(17-29(27-25)20-11-6-5-7-12-20)26(30)28(2)21-13-14-23(31-3)24(16-21)32-4/h5-17H,1-4H3. The molecule has 1 aromatic heterocycles. The Labute approximate surface area is 187 Å². The number of rotatable bonds is 6. The number of ether oxygens (including phenoxy) is 2. The molecule has 0 N–H and O–H groups in total. The van der Waals surface area contributed by atoms with Crippen molar-refractivity contribution < 1.29 is 14.3 Å². The fraction of sp³-hybridized carbons (Fsp3) is 0.154. The smallest absolute Gasteiger partial charge is 0.261 e. The number of amides is 1. The first kappa shape index (κ1) is 21.2. The Hall–Kier alpha value is -4.06. The molecule has 0 radical (unpaired) electrons. The molecule has 6 nitrogen and oxygen atoms in total. The molecule has 162 valence electrons. The molecule has 6 heteroatoms. The van der Waals surface area contributed by atoms with E-state index in [4.69, 9.17) is 14.6 Å². The van der Waals surface area contributed by atoms with Crippen LogP contribution >= 0.6 is 0 Å². The number of hydrogen-bond donors (Lipinski definition) is 0. The van der Waals surface area contributed by atoms with Crippen molar-refractivity contribution in [1.82, 2.24) is 9.78 Å². The van der Waals surface area contributed by atoms with E-state index in [1.54, 1.807) is 49.2 Å². The van der Waals surface area contributed by atoms with Crippen molar-refractivity contribution in [2.45, 2.75) is 6.92 Å². The normalized spacial score (nSPS) is 10.6. The summed E-state index contributed by atoms with van der Waals surface area (Å²) in [5, 5.41) is 4.77. The first-order chi connectivity index (χ1) is 15.5. The number of aromatic nitrogens is 2. The second-order valence-electron chi connectivity index (χ2n) is 7.44. The van der Waals surface area contributed by atoms with Crippen LogP contribution in [0.4, 0.5) is 5.69 Å². The highest BCUT2D eigenvalue weighted by Gasteiger charge is 2.23. The minimum absolute atomic E-state index is 0.170. The van der Waals surface area contributed by atoms with Crippen LogP contribution in [0.2, 0.25) is 0 Å². The number of aryl methyl sites for hydroxylation is 1. The number of methoxy groups -OCH3 is 2. The van der Waals surface area contributed by atoms with E-state index in [0.29, 0.717) is 28.4 Å². The Kier molecular flexibility index (Phi) is 5.94. The predicted molar refractivity (Wildman–Crippen MR) is 126 cm³/mol. The molecular formula is C26H25N3O3. The van der Waals surface area contributed by atoms with Crippen LogP contribution in [-0.4, -0.2) is 37.0 Å². The molecule has 0 unspecified atom stereocenters. The largest absolute Gasteiger partial charge is 0.493 e. The van der Waals surface area contributed by atoms with Gasteiger partial charge < -0.3 is 14.4 Å². The molecule has 0 saturated heterocycles. The Morgan fingerprint density at radius 2 is 1.66 bits per heavy atom. The van der Waals surface area contributed by atoms with Crippen molar-refractivity contribution in [3.63, 3.8) is 0 Å². The molecule has 0 aliphatic heterocycles. The van der Waals surface area contributed by atoms with Gasteiger partial charge in [-0.15, -0.1) is 0 Å². The predicted octanol–water partition coefficient (Wildman–Crippen LogP) is 5.14. The van der Waals surface area contributed by atoms with Crippen molar-refractivity contribution in [2.24, 2.45) is 0 Å². The highest BCUT2D eigenvalue weighted by Crippen LogP contribution is 2.33. The monoisotopic (exact) mass is 427 g/mol. The summed E-state index contributed by atoms with van der Waals surface area (Å²) in [7, 11) is 4.89. The first-order valence-electron chi connectivity index (χ1n) is 10.2. The topological polar surface area (TPSA) is 56.6 Å². The van der Waals surface area contributed by atoms with Gasteiger partial charge in [0.05, 0.1) is 25.5 Å². The average molecular weight is 428 g/mol. The zero-order valence-corrected chi connectivity index (χ0v) is 18.6. The number of para-hydroxylation sites is 1. The lowest BCUT2D eigenvalue weighted by Crippen LogP contribution is -2.26. The Morgan fingerprint density at radius 1 is 0.906 bits per heavy atom. The van der Waals surface area contributed by atoms with E-state index in [1.807, 2.05) is 67.6 Å². The molecule has 0 aliphatic rings. The maximum atomic E-state index is 13.6. The van der Waals surface area contributed by atoms with E-state index in [1.165, 1.54) is 0 Å². The molecule has 1 heterocycles. The van der Waals surface area contributed by atoms with Gasteiger partial charge in [0.1, 0.15) is 5.69 Å². The number of carbonyl (C=O) groups excluding carboxylic acids is 1. The van der Waals surface area contributed by atoms with E-state index < -0.39 is 0 Å². The molecule has 4 rings (SSSR count). The van der Waals surface area contributed by atoms with Crippen LogP contribution in [0.5, 0.6) is 11.5 Å². The van der Waals surface area contributed by atoms with Crippen LogP contribution in [0.15, 0.2) is 79.0 Å². The molecule has 32 heavy (non-hydrogen) atoms. The maximum Gasteiger partial charge on any atom is 0.261 e. The summed E-state index contributed by atoms with van der Waals surface area (Å²) in [5.74, 6) is 0.994. The van der Waals surface area contributed by atoms with Crippen molar-refractivity contribution in [2.75, 3.05) is 26.2 Å². The molecular weight excluding hydrogens is 402 g/mol. The summed E-state index contributed by atoms with van der Waals surface area (Å²) < 4.78 is 12.5. The van der Waals surface area contributed by atoms with Gasteiger partial charge in [-0.3, -0.25) is 4.79 Å². The maximum absolute atomic E-state index is 13.6. The molecule has 0 saturated carbocycles. The van der Waals surface area contributed by atoms with Crippen LogP contribution in [0.25, 0.3) is 16.9 Å². The van der Waals surface area contributed by atoms with Crippen molar-refractivity contribution in [3.05, 3.63) is 90.1 Å². The minimum Gasteiger partial charge on any atom is -0.493 e. The fourth-order valence-corrected chi connectivity index (χ4v) is 3.58. The summed E-state index contributed by atoms with van der Waals surface area (Å²) in [5.41, 5.74) is 4.71. The molecule has 1 amide bonds. The minimum atomic E-state index is -0.170. The SMILES string of the molecule is COc1ccc(N(C)C(=O)c2cn(-c3ccccc3)nc2-c2cccc(C)c2)cc1OC. The van der Waals surface area contributed by atoms with Gasteiger partial charge in [0.15, 0.2) is 11.5 Å². The third-order valence-electron chi connectivity index (χ3n) is 5.32. The quantitative estimate of drug-likeness (QED) is 0.427. The lowest BCUT2D eigenvalue weighted by Gasteiger charge is -2.19.